The normalized spacial score (nSPS) is 10.6. The van der Waals surface area contributed by atoms with E-state index >= 15 is 0 Å². The van der Waals surface area contributed by atoms with Gasteiger partial charge in [0.25, 0.3) is 11.6 Å². The number of amides is 1. The summed E-state index contributed by atoms with van der Waals surface area (Å²) in [5.41, 5.74) is 0.335. The van der Waals surface area contributed by atoms with Crippen molar-refractivity contribution in [3.05, 3.63) is 84.8 Å². The van der Waals surface area contributed by atoms with E-state index in [1.54, 1.807) is 36.4 Å². The second-order valence-corrected chi connectivity index (χ2v) is 8.74. The van der Waals surface area contributed by atoms with E-state index in [1.165, 1.54) is 18.2 Å². The molecule has 0 saturated carbocycles. The Hall–Kier alpha value is -2.16. The average molecular weight is 518 g/mol. The van der Waals surface area contributed by atoms with Crippen molar-refractivity contribution in [2.24, 2.45) is 0 Å². The van der Waals surface area contributed by atoms with Gasteiger partial charge in [-0.1, -0.05) is 70.3 Å². The molecule has 1 N–H and O–H groups in total. The van der Waals surface area contributed by atoms with Crippen molar-refractivity contribution in [2.75, 3.05) is 11.9 Å². The third-order valence-electron chi connectivity index (χ3n) is 3.83. The van der Waals surface area contributed by atoms with Crippen LogP contribution in [0.3, 0.4) is 0 Å². The predicted octanol–water partition coefficient (Wildman–Crippen LogP) is 7.38. The number of carbonyl (C=O) groups is 1. The van der Waals surface area contributed by atoms with Gasteiger partial charge < -0.3 is 10.1 Å². The van der Waals surface area contributed by atoms with Crippen LogP contribution in [0.5, 0.6) is 5.75 Å². The zero-order chi connectivity index (χ0) is 22.5. The first-order chi connectivity index (χ1) is 14.7. The fourth-order valence-corrected chi connectivity index (χ4v) is 4.19. The number of hydrogen-bond donors (Lipinski definition) is 1. The first-order valence-electron chi connectivity index (χ1n) is 8.52. The Morgan fingerprint density at radius 3 is 2.42 bits per heavy atom. The Labute approximate surface area is 201 Å². The van der Waals surface area contributed by atoms with Gasteiger partial charge in [0.1, 0.15) is 5.75 Å². The van der Waals surface area contributed by atoms with Crippen LogP contribution in [0.1, 0.15) is 0 Å². The monoisotopic (exact) mass is 516 g/mol. The van der Waals surface area contributed by atoms with Gasteiger partial charge in [0, 0.05) is 22.1 Å². The average Bonchev–Trinajstić information content (AvgIpc) is 2.72. The van der Waals surface area contributed by atoms with E-state index < -0.39 is 10.8 Å². The molecule has 0 heterocycles. The van der Waals surface area contributed by atoms with E-state index in [1.807, 2.05) is 0 Å². The van der Waals surface area contributed by atoms with Gasteiger partial charge in [-0.2, -0.15) is 0 Å². The molecule has 0 aliphatic rings. The highest BCUT2D eigenvalue weighted by molar-refractivity contribution is 7.99. The standard InChI is InChI=1S/C20H12Cl4N2O4S/c21-11-5-6-19(16(7-11)26(28)29)31-18-4-2-1-3-15(18)25-20(27)10-30-17-9-13(23)12(22)8-14(17)24/h1-9H,10H2,(H,25,27). The molecule has 1 amide bonds. The lowest BCUT2D eigenvalue weighted by atomic mass is 10.3. The minimum atomic E-state index is -0.510. The zero-order valence-corrected chi connectivity index (χ0v) is 19.2. The van der Waals surface area contributed by atoms with Crippen LogP contribution >= 0.6 is 58.2 Å². The second kappa shape index (κ2) is 10.4. The lowest BCUT2D eigenvalue weighted by Gasteiger charge is -2.12. The van der Waals surface area contributed by atoms with Gasteiger partial charge in [-0.05, 0) is 30.3 Å². The number of ether oxygens (including phenoxy) is 1. The summed E-state index contributed by atoms with van der Waals surface area (Å²) < 4.78 is 5.43. The van der Waals surface area contributed by atoms with Crippen LogP contribution in [0.2, 0.25) is 20.1 Å². The number of hydrogen-bond acceptors (Lipinski definition) is 5. The highest BCUT2D eigenvalue weighted by Crippen LogP contribution is 2.39. The van der Waals surface area contributed by atoms with Crippen molar-refractivity contribution in [3.8, 4) is 5.75 Å². The molecule has 0 aliphatic carbocycles. The van der Waals surface area contributed by atoms with Crippen LogP contribution in [0.25, 0.3) is 0 Å². The number of nitro groups is 1. The number of para-hydroxylation sites is 1. The van der Waals surface area contributed by atoms with Crippen molar-refractivity contribution in [2.45, 2.75) is 9.79 Å². The molecule has 160 valence electrons. The number of halogens is 4. The number of carbonyl (C=O) groups excluding carboxylic acids is 1. The summed E-state index contributed by atoms with van der Waals surface area (Å²) in [7, 11) is 0. The van der Waals surface area contributed by atoms with Crippen LogP contribution in [0.4, 0.5) is 11.4 Å². The molecule has 0 radical (unpaired) electrons. The second-order valence-electron chi connectivity index (χ2n) is 6.00. The molecule has 3 aromatic carbocycles. The van der Waals surface area contributed by atoms with Crippen molar-refractivity contribution < 1.29 is 14.5 Å². The van der Waals surface area contributed by atoms with Crippen molar-refractivity contribution in [3.63, 3.8) is 0 Å². The maximum atomic E-state index is 12.4. The number of benzene rings is 3. The fraction of sp³-hybridized carbons (Fsp3) is 0.0500. The van der Waals surface area contributed by atoms with E-state index in [2.05, 4.69) is 5.32 Å². The molecule has 6 nitrogen and oxygen atoms in total. The number of nitrogens with one attached hydrogen (secondary N) is 1. The van der Waals surface area contributed by atoms with Crippen molar-refractivity contribution in [1.29, 1.82) is 0 Å². The van der Waals surface area contributed by atoms with Crippen molar-refractivity contribution >= 4 is 75.4 Å². The predicted molar refractivity (Wildman–Crippen MR) is 124 cm³/mol. The van der Waals surface area contributed by atoms with Gasteiger partial charge in [0.05, 0.1) is 30.6 Å². The summed E-state index contributed by atoms with van der Waals surface area (Å²) in [6.07, 6.45) is 0. The van der Waals surface area contributed by atoms with Gasteiger partial charge in [0.15, 0.2) is 6.61 Å². The van der Waals surface area contributed by atoms with Gasteiger partial charge in [0.2, 0.25) is 0 Å². The summed E-state index contributed by atoms with van der Waals surface area (Å²) in [6.45, 7) is -0.336. The number of anilines is 1. The molecule has 0 fully saturated rings. The fourth-order valence-electron chi connectivity index (χ4n) is 2.44. The van der Waals surface area contributed by atoms with E-state index in [4.69, 9.17) is 51.1 Å². The Kier molecular flexibility index (Phi) is 7.91. The third-order valence-corrected chi connectivity index (χ3v) is 6.23. The topological polar surface area (TPSA) is 81.5 Å². The molecule has 0 bridgehead atoms. The van der Waals surface area contributed by atoms with Crippen LogP contribution in [0, 0.1) is 10.1 Å². The van der Waals surface area contributed by atoms with Crippen molar-refractivity contribution in [1.82, 2.24) is 0 Å². The minimum Gasteiger partial charge on any atom is -0.482 e. The molecular formula is C20H12Cl4N2O4S. The Morgan fingerprint density at radius 1 is 0.968 bits per heavy atom. The van der Waals surface area contributed by atoms with E-state index in [9.17, 15) is 14.9 Å². The number of nitro benzene ring substituents is 1. The van der Waals surface area contributed by atoms with Gasteiger partial charge in [-0.25, -0.2) is 0 Å². The molecule has 0 spiro atoms. The van der Waals surface area contributed by atoms with Gasteiger partial charge in [-0.15, -0.1) is 0 Å². The molecule has 0 unspecified atom stereocenters. The SMILES string of the molecule is O=C(COc1cc(Cl)c(Cl)cc1Cl)Nc1ccccc1Sc1ccc(Cl)cc1[N+](=O)[O-]. The van der Waals surface area contributed by atoms with Crippen LogP contribution < -0.4 is 10.1 Å². The minimum absolute atomic E-state index is 0.128. The van der Waals surface area contributed by atoms with Crippen LogP contribution in [-0.4, -0.2) is 17.4 Å². The Bertz CT molecular complexity index is 1160. The highest BCUT2D eigenvalue weighted by atomic mass is 35.5. The maximum Gasteiger partial charge on any atom is 0.284 e. The molecule has 31 heavy (non-hydrogen) atoms. The lowest BCUT2D eigenvalue weighted by molar-refractivity contribution is -0.387. The molecule has 0 aliphatic heterocycles. The molecule has 0 saturated heterocycles. The Morgan fingerprint density at radius 2 is 1.68 bits per heavy atom. The van der Waals surface area contributed by atoms with Crippen LogP contribution in [-0.2, 0) is 4.79 Å². The Balaban J connectivity index is 1.73. The zero-order valence-electron chi connectivity index (χ0n) is 15.4. The van der Waals surface area contributed by atoms with Gasteiger partial charge in [-0.3, -0.25) is 14.9 Å². The van der Waals surface area contributed by atoms with E-state index in [0.29, 0.717) is 15.5 Å². The van der Waals surface area contributed by atoms with E-state index in [0.717, 1.165) is 11.8 Å². The highest BCUT2D eigenvalue weighted by Gasteiger charge is 2.18. The first-order valence-corrected chi connectivity index (χ1v) is 10.9. The summed E-state index contributed by atoms with van der Waals surface area (Å²) in [6, 6.07) is 14.1. The first kappa shape index (κ1) is 23.5. The van der Waals surface area contributed by atoms with E-state index in [-0.39, 0.29) is 38.1 Å². The number of nitrogens with zero attached hydrogens (tertiary/aromatic N) is 1. The molecule has 0 atom stereocenters. The molecular weight excluding hydrogens is 506 g/mol. The van der Waals surface area contributed by atoms with Gasteiger partial charge >= 0.3 is 0 Å². The molecule has 3 rings (SSSR count). The quantitative estimate of drug-likeness (QED) is 0.201. The maximum absolute atomic E-state index is 12.4. The number of rotatable bonds is 7. The summed E-state index contributed by atoms with van der Waals surface area (Å²) in [5, 5.41) is 15.1. The molecule has 0 aromatic heterocycles. The molecule has 11 heteroatoms. The lowest BCUT2D eigenvalue weighted by Crippen LogP contribution is -2.20. The van der Waals surface area contributed by atoms with Crippen LogP contribution in [0.15, 0.2) is 64.4 Å². The molecule has 3 aromatic rings. The largest absolute Gasteiger partial charge is 0.482 e. The summed E-state index contributed by atoms with van der Waals surface area (Å²) in [5.74, 6) is -0.244. The smallest absolute Gasteiger partial charge is 0.284 e. The summed E-state index contributed by atoms with van der Waals surface area (Å²) in [4.78, 5) is 24.2. The third kappa shape index (κ3) is 6.18. The summed E-state index contributed by atoms with van der Waals surface area (Å²) >= 11 is 24.9.